The Hall–Kier alpha value is -3.33. The van der Waals surface area contributed by atoms with E-state index in [0.29, 0.717) is 36.9 Å². The maximum absolute atomic E-state index is 12.2. The number of nitrogens with zero attached hydrogens (tertiary/aromatic N) is 5. The van der Waals surface area contributed by atoms with E-state index < -0.39 is 6.10 Å². The van der Waals surface area contributed by atoms with E-state index in [1.54, 1.807) is 23.4 Å². The molecular formula is C20H21N5O4. The molecule has 9 heteroatoms. The fourth-order valence-electron chi connectivity index (χ4n) is 3.13. The van der Waals surface area contributed by atoms with Crippen LogP contribution in [-0.2, 0) is 17.8 Å². The molecule has 9 nitrogen and oxygen atoms in total. The normalized spacial score (nSPS) is 17.2. The molecule has 4 rings (SSSR count). The van der Waals surface area contributed by atoms with Gasteiger partial charge in [-0.15, -0.1) is 0 Å². The molecule has 0 bridgehead atoms. The highest BCUT2D eigenvalue weighted by molar-refractivity contribution is 5.80. The lowest BCUT2D eigenvalue weighted by Crippen LogP contribution is -2.37. The van der Waals surface area contributed by atoms with Gasteiger partial charge < -0.3 is 19.3 Å². The minimum absolute atomic E-state index is 0.215. The molecule has 150 valence electrons. The molecule has 3 heterocycles. The average Bonchev–Trinajstić information content (AvgIpc) is 3.12. The van der Waals surface area contributed by atoms with Crippen LogP contribution in [-0.4, -0.2) is 48.7 Å². The Labute approximate surface area is 167 Å². The van der Waals surface area contributed by atoms with Gasteiger partial charge >= 0.3 is 6.01 Å². The van der Waals surface area contributed by atoms with Gasteiger partial charge in [-0.3, -0.25) is 4.79 Å². The summed E-state index contributed by atoms with van der Waals surface area (Å²) in [4.78, 5) is 26.2. The SMILES string of the molecule is O=C1C(O)CCCCN1Cc1nc(Cc2ccc(Oc3ncccn3)cc2)no1. The molecule has 1 unspecified atom stereocenters. The third kappa shape index (κ3) is 4.94. The van der Waals surface area contributed by atoms with Crippen LogP contribution in [0, 0.1) is 0 Å². The van der Waals surface area contributed by atoms with E-state index in [9.17, 15) is 9.90 Å². The van der Waals surface area contributed by atoms with Gasteiger partial charge in [-0.1, -0.05) is 17.3 Å². The fourth-order valence-corrected chi connectivity index (χ4v) is 3.13. The highest BCUT2D eigenvalue weighted by atomic mass is 16.5. The molecule has 0 aliphatic carbocycles. The maximum atomic E-state index is 12.2. The molecule has 1 fully saturated rings. The zero-order chi connectivity index (χ0) is 20.1. The van der Waals surface area contributed by atoms with Crippen molar-refractivity contribution in [3.63, 3.8) is 0 Å². The minimum Gasteiger partial charge on any atom is -0.424 e. The molecule has 0 saturated carbocycles. The van der Waals surface area contributed by atoms with Gasteiger partial charge in [0.25, 0.3) is 5.91 Å². The Bertz CT molecular complexity index is 945. The molecule has 1 atom stereocenters. The summed E-state index contributed by atoms with van der Waals surface area (Å²) in [5.74, 6) is 1.25. The van der Waals surface area contributed by atoms with Gasteiger partial charge in [0.05, 0.1) is 0 Å². The Balaban J connectivity index is 1.35. The first-order valence-corrected chi connectivity index (χ1v) is 9.49. The number of hydrogen-bond acceptors (Lipinski definition) is 8. The number of aliphatic hydroxyl groups excluding tert-OH is 1. The average molecular weight is 395 g/mol. The number of aromatic nitrogens is 4. The number of carbonyl (C=O) groups excluding carboxylic acids is 1. The van der Waals surface area contributed by atoms with Crippen LogP contribution in [0.3, 0.4) is 0 Å². The van der Waals surface area contributed by atoms with E-state index in [2.05, 4.69) is 20.1 Å². The van der Waals surface area contributed by atoms with Crippen LogP contribution in [0.1, 0.15) is 36.5 Å². The second kappa shape index (κ2) is 8.78. The lowest BCUT2D eigenvalue weighted by Gasteiger charge is -2.19. The second-order valence-corrected chi connectivity index (χ2v) is 6.83. The van der Waals surface area contributed by atoms with Gasteiger partial charge in [-0.25, -0.2) is 9.97 Å². The van der Waals surface area contributed by atoms with E-state index >= 15 is 0 Å². The Kier molecular flexibility index (Phi) is 5.76. The summed E-state index contributed by atoms with van der Waals surface area (Å²) in [6.45, 7) is 0.799. The van der Waals surface area contributed by atoms with E-state index in [-0.39, 0.29) is 18.5 Å². The van der Waals surface area contributed by atoms with Gasteiger partial charge in [0.2, 0.25) is 5.89 Å². The van der Waals surface area contributed by atoms with E-state index in [1.807, 2.05) is 24.3 Å². The van der Waals surface area contributed by atoms with Crippen molar-refractivity contribution in [3.05, 3.63) is 60.0 Å². The molecule has 1 aromatic carbocycles. The molecule has 0 radical (unpaired) electrons. The van der Waals surface area contributed by atoms with Crippen LogP contribution in [0.5, 0.6) is 11.8 Å². The van der Waals surface area contributed by atoms with Crippen LogP contribution in [0.25, 0.3) is 0 Å². The minimum atomic E-state index is -0.943. The first-order chi connectivity index (χ1) is 14.2. The zero-order valence-electron chi connectivity index (χ0n) is 15.8. The number of rotatable bonds is 6. The highest BCUT2D eigenvalue weighted by Gasteiger charge is 2.26. The number of ether oxygens (including phenoxy) is 1. The lowest BCUT2D eigenvalue weighted by molar-refractivity contribution is -0.140. The molecule has 1 aliphatic heterocycles. The van der Waals surface area contributed by atoms with E-state index in [0.717, 1.165) is 18.4 Å². The van der Waals surface area contributed by atoms with Gasteiger partial charge in [0.15, 0.2) is 5.82 Å². The number of carbonyl (C=O) groups is 1. The first-order valence-electron chi connectivity index (χ1n) is 9.49. The fraction of sp³-hybridized carbons (Fsp3) is 0.350. The maximum Gasteiger partial charge on any atom is 0.321 e. The predicted octanol–water partition coefficient (Wildman–Crippen LogP) is 2.12. The molecule has 1 saturated heterocycles. The molecule has 0 spiro atoms. The van der Waals surface area contributed by atoms with Crippen LogP contribution >= 0.6 is 0 Å². The van der Waals surface area contributed by atoms with Crippen molar-refractivity contribution < 1.29 is 19.2 Å². The van der Waals surface area contributed by atoms with Crippen molar-refractivity contribution in [1.29, 1.82) is 0 Å². The third-order valence-corrected chi connectivity index (χ3v) is 4.63. The van der Waals surface area contributed by atoms with Crippen LogP contribution in [0.15, 0.2) is 47.2 Å². The number of aliphatic hydroxyl groups is 1. The van der Waals surface area contributed by atoms with E-state index in [4.69, 9.17) is 9.26 Å². The van der Waals surface area contributed by atoms with Crippen molar-refractivity contribution in [2.24, 2.45) is 0 Å². The lowest BCUT2D eigenvalue weighted by atomic mass is 10.1. The summed E-state index contributed by atoms with van der Waals surface area (Å²) >= 11 is 0. The molecule has 1 N–H and O–H groups in total. The zero-order valence-corrected chi connectivity index (χ0v) is 15.8. The van der Waals surface area contributed by atoms with Crippen molar-refractivity contribution >= 4 is 5.91 Å². The Morgan fingerprint density at radius 2 is 1.97 bits per heavy atom. The molecule has 3 aromatic rings. The first kappa shape index (κ1) is 19.0. The van der Waals surface area contributed by atoms with Crippen LogP contribution < -0.4 is 4.74 Å². The quantitative estimate of drug-likeness (QED) is 0.675. The number of hydrogen-bond donors (Lipinski definition) is 1. The van der Waals surface area contributed by atoms with Crippen molar-refractivity contribution in [3.8, 4) is 11.8 Å². The topological polar surface area (TPSA) is 114 Å². The predicted molar refractivity (Wildman–Crippen MR) is 101 cm³/mol. The largest absolute Gasteiger partial charge is 0.424 e. The van der Waals surface area contributed by atoms with E-state index in [1.165, 1.54) is 0 Å². The van der Waals surface area contributed by atoms with Crippen LogP contribution in [0.2, 0.25) is 0 Å². The van der Waals surface area contributed by atoms with Gasteiger partial charge in [0, 0.05) is 25.4 Å². The highest BCUT2D eigenvalue weighted by Crippen LogP contribution is 2.19. The van der Waals surface area contributed by atoms with Gasteiger partial charge in [-0.2, -0.15) is 4.98 Å². The summed E-state index contributed by atoms with van der Waals surface area (Å²) in [6, 6.07) is 9.47. The smallest absolute Gasteiger partial charge is 0.321 e. The van der Waals surface area contributed by atoms with Crippen molar-refractivity contribution in [2.45, 2.75) is 38.3 Å². The summed E-state index contributed by atoms with van der Waals surface area (Å²) in [5.41, 5.74) is 0.986. The number of likely N-dealkylation sites (tertiary alicyclic amines) is 1. The third-order valence-electron chi connectivity index (χ3n) is 4.63. The number of amides is 1. The summed E-state index contributed by atoms with van der Waals surface area (Å²) in [7, 11) is 0. The summed E-state index contributed by atoms with van der Waals surface area (Å²) in [5, 5.41) is 13.8. The summed E-state index contributed by atoms with van der Waals surface area (Å²) < 4.78 is 10.9. The Morgan fingerprint density at radius 3 is 2.76 bits per heavy atom. The monoisotopic (exact) mass is 395 g/mol. The van der Waals surface area contributed by atoms with Crippen molar-refractivity contribution in [2.75, 3.05) is 6.54 Å². The molecular weight excluding hydrogens is 374 g/mol. The van der Waals surface area contributed by atoms with Gasteiger partial charge in [-0.05, 0) is 43.0 Å². The standard InChI is InChI=1S/C20H21N5O4/c26-16-4-1-2-11-25(19(16)27)13-18-23-17(24-29-18)12-14-5-7-15(8-6-14)28-20-21-9-3-10-22-20/h3,5-10,16,26H,1-2,4,11-13H2. The molecule has 29 heavy (non-hydrogen) atoms. The Morgan fingerprint density at radius 1 is 1.17 bits per heavy atom. The summed E-state index contributed by atoms with van der Waals surface area (Å²) in [6.07, 6.45) is 4.96. The van der Waals surface area contributed by atoms with Crippen LogP contribution in [0.4, 0.5) is 0 Å². The molecule has 2 aromatic heterocycles. The number of benzene rings is 1. The van der Waals surface area contributed by atoms with Crippen molar-refractivity contribution in [1.82, 2.24) is 25.0 Å². The second-order valence-electron chi connectivity index (χ2n) is 6.83. The van der Waals surface area contributed by atoms with Gasteiger partial charge in [0.1, 0.15) is 18.4 Å². The molecule has 1 aliphatic rings. The molecule has 1 amide bonds.